The molecule has 1 heterocycles. The van der Waals surface area contributed by atoms with Crippen LogP contribution < -0.4 is 0 Å². The van der Waals surface area contributed by atoms with Gasteiger partial charge in [-0.05, 0) is 42.0 Å². The lowest BCUT2D eigenvalue weighted by Gasteiger charge is -2.26. The molecule has 3 rings (SSSR count). The zero-order chi connectivity index (χ0) is 21.1. The fourth-order valence-electron chi connectivity index (χ4n) is 2.89. The topological polar surface area (TPSA) is 63.7 Å². The van der Waals surface area contributed by atoms with Crippen molar-refractivity contribution in [3.8, 4) is 0 Å². The maximum atomic E-state index is 13.0. The molecular formula is C20H18F3NO4S. The van der Waals surface area contributed by atoms with Crippen molar-refractivity contribution in [2.45, 2.75) is 11.1 Å². The van der Waals surface area contributed by atoms with Crippen LogP contribution in [-0.2, 0) is 20.9 Å². The lowest BCUT2D eigenvalue weighted by atomic mass is 10.0. The molecule has 1 fully saturated rings. The Bertz CT molecular complexity index is 1010. The van der Waals surface area contributed by atoms with Gasteiger partial charge in [0, 0.05) is 18.7 Å². The molecule has 0 saturated carbocycles. The minimum atomic E-state index is -4.53. The molecule has 154 valence electrons. The third-order valence-corrected chi connectivity index (χ3v) is 6.34. The van der Waals surface area contributed by atoms with Crippen LogP contribution >= 0.6 is 0 Å². The largest absolute Gasteiger partial charge is 0.416 e. The van der Waals surface area contributed by atoms with Crippen molar-refractivity contribution in [1.29, 1.82) is 0 Å². The van der Waals surface area contributed by atoms with Gasteiger partial charge in [-0.25, -0.2) is 8.42 Å². The summed E-state index contributed by atoms with van der Waals surface area (Å²) in [5.74, 6) is -0.530. The Morgan fingerprint density at radius 3 is 2.24 bits per heavy atom. The molecule has 5 nitrogen and oxygen atoms in total. The van der Waals surface area contributed by atoms with Crippen LogP contribution in [0.2, 0.25) is 0 Å². The Hall–Kier alpha value is -2.49. The Morgan fingerprint density at radius 1 is 1.00 bits per heavy atom. The van der Waals surface area contributed by atoms with E-state index in [1.807, 2.05) is 0 Å². The molecule has 1 aliphatic rings. The number of hydrogen-bond donors (Lipinski definition) is 0. The second-order valence-electron chi connectivity index (χ2n) is 6.32. The van der Waals surface area contributed by atoms with Crippen LogP contribution in [0.4, 0.5) is 13.2 Å². The van der Waals surface area contributed by atoms with Gasteiger partial charge in [0.1, 0.15) is 0 Å². The first-order valence-corrected chi connectivity index (χ1v) is 10.2. The highest BCUT2D eigenvalue weighted by Gasteiger charge is 2.32. The van der Waals surface area contributed by atoms with Crippen LogP contribution in [0.1, 0.15) is 21.5 Å². The summed E-state index contributed by atoms with van der Waals surface area (Å²) >= 11 is 0. The number of allylic oxidation sites excluding steroid dienone is 1. The number of carbonyl (C=O) groups excluding carboxylic acids is 1. The highest BCUT2D eigenvalue weighted by atomic mass is 32.2. The molecule has 2 aromatic rings. The molecule has 0 amide bonds. The van der Waals surface area contributed by atoms with E-state index in [0.717, 1.165) is 18.2 Å². The van der Waals surface area contributed by atoms with Crippen molar-refractivity contribution in [1.82, 2.24) is 4.31 Å². The molecule has 9 heteroatoms. The summed E-state index contributed by atoms with van der Waals surface area (Å²) < 4.78 is 70.7. The van der Waals surface area contributed by atoms with Gasteiger partial charge < -0.3 is 4.74 Å². The number of alkyl halides is 3. The van der Waals surface area contributed by atoms with Crippen LogP contribution in [-0.4, -0.2) is 44.8 Å². The van der Waals surface area contributed by atoms with Gasteiger partial charge in [0.25, 0.3) is 0 Å². The van der Waals surface area contributed by atoms with Gasteiger partial charge in [0.2, 0.25) is 10.0 Å². The fraction of sp³-hybridized carbons (Fsp3) is 0.250. The van der Waals surface area contributed by atoms with E-state index in [1.165, 1.54) is 46.8 Å². The number of sulfonamides is 1. The molecule has 0 aliphatic carbocycles. The molecule has 0 spiro atoms. The summed E-state index contributed by atoms with van der Waals surface area (Å²) in [7, 11) is -3.68. The SMILES string of the molecule is O=C(/C=C/c1ccccc1C(F)(F)F)c1ccc(S(=O)(=O)N2CCOCC2)cc1. The van der Waals surface area contributed by atoms with Crippen LogP contribution in [0.5, 0.6) is 0 Å². The van der Waals surface area contributed by atoms with Crippen LogP contribution in [0.3, 0.4) is 0 Å². The molecule has 1 aliphatic heterocycles. The number of morpholine rings is 1. The maximum Gasteiger partial charge on any atom is 0.416 e. The van der Waals surface area contributed by atoms with E-state index in [4.69, 9.17) is 4.74 Å². The molecule has 0 atom stereocenters. The fourth-order valence-corrected chi connectivity index (χ4v) is 4.30. The van der Waals surface area contributed by atoms with Gasteiger partial charge in [-0.3, -0.25) is 4.79 Å². The van der Waals surface area contributed by atoms with Crippen molar-refractivity contribution in [2.75, 3.05) is 26.3 Å². The Balaban J connectivity index is 1.77. The minimum absolute atomic E-state index is 0.0438. The number of hydrogen-bond acceptors (Lipinski definition) is 4. The Morgan fingerprint density at radius 2 is 1.62 bits per heavy atom. The highest BCUT2D eigenvalue weighted by Crippen LogP contribution is 2.32. The lowest BCUT2D eigenvalue weighted by molar-refractivity contribution is -0.137. The van der Waals surface area contributed by atoms with Crippen molar-refractivity contribution in [2.24, 2.45) is 0 Å². The maximum absolute atomic E-state index is 13.0. The highest BCUT2D eigenvalue weighted by molar-refractivity contribution is 7.89. The van der Waals surface area contributed by atoms with E-state index >= 15 is 0 Å². The van der Waals surface area contributed by atoms with Gasteiger partial charge in [-0.15, -0.1) is 0 Å². The normalized spacial score (nSPS) is 16.2. The zero-order valence-corrected chi connectivity index (χ0v) is 16.0. The summed E-state index contributed by atoms with van der Waals surface area (Å²) in [6.45, 7) is 1.15. The van der Waals surface area contributed by atoms with E-state index in [-0.39, 0.29) is 29.1 Å². The molecule has 0 radical (unpaired) electrons. The number of halogens is 3. The first kappa shape index (κ1) is 21.2. The summed E-state index contributed by atoms with van der Waals surface area (Å²) in [6, 6.07) is 10.2. The van der Waals surface area contributed by atoms with E-state index < -0.39 is 27.5 Å². The molecular weight excluding hydrogens is 407 g/mol. The molecule has 29 heavy (non-hydrogen) atoms. The molecule has 0 aromatic heterocycles. The van der Waals surface area contributed by atoms with Gasteiger partial charge in [0.15, 0.2) is 5.78 Å². The Labute approximate surface area is 166 Å². The number of benzene rings is 2. The Kier molecular flexibility index (Phi) is 6.21. The van der Waals surface area contributed by atoms with Crippen LogP contribution in [0.25, 0.3) is 6.08 Å². The molecule has 1 saturated heterocycles. The predicted molar refractivity (Wildman–Crippen MR) is 101 cm³/mol. The predicted octanol–water partition coefficient (Wildman–Crippen LogP) is 3.62. The quantitative estimate of drug-likeness (QED) is 0.542. The number of nitrogens with zero attached hydrogens (tertiary/aromatic N) is 1. The first-order chi connectivity index (χ1) is 13.7. The molecule has 0 N–H and O–H groups in total. The van der Waals surface area contributed by atoms with Crippen molar-refractivity contribution in [3.63, 3.8) is 0 Å². The molecule has 2 aromatic carbocycles. The first-order valence-electron chi connectivity index (χ1n) is 8.76. The smallest absolute Gasteiger partial charge is 0.379 e. The summed E-state index contributed by atoms with van der Waals surface area (Å²) in [6.07, 6.45) is -2.39. The third-order valence-electron chi connectivity index (χ3n) is 4.43. The zero-order valence-electron chi connectivity index (χ0n) is 15.2. The third kappa shape index (κ3) is 4.92. The van der Waals surface area contributed by atoms with Crippen LogP contribution in [0, 0.1) is 0 Å². The van der Waals surface area contributed by atoms with Gasteiger partial charge >= 0.3 is 6.18 Å². The van der Waals surface area contributed by atoms with Crippen molar-refractivity contribution >= 4 is 21.9 Å². The minimum Gasteiger partial charge on any atom is -0.379 e. The summed E-state index contributed by atoms with van der Waals surface area (Å²) in [5.41, 5.74) is -0.789. The second-order valence-corrected chi connectivity index (χ2v) is 8.26. The molecule has 0 unspecified atom stereocenters. The van der Waals surface area contributed by atoms with Gasteiger partial charge in [-0.1, -0.05) is 24.3 Å². The summed E-state index contributed by atoms with van der Waals surface area (Å²) in [4.78, 5) is 12.3. The van der Waals surface area contributed by atoms with Crippen LogP contribution in [0.15, 0.2) is 59.5 Å². The van der Waals surface area contributed by atoms with E-state index in [0.29, 0.717) is 13.2 Å². The number of carbonyl (C=O) groups is 1. The molecule has 0 bridgehead atoms. The number of ether oxygens (including phenoxy) is 1. The van der Waals surface area contributed by atoms with Crippen molar-refractivity contribution in [3.05, 3.63) is 71.3 Å². The van der Waals surface area contributed by atoms with Gasteiger partial charge in [-0.2, -0.15) is 17.5 Å². The number of rotatable bonds is 5. The standard InChI is InChI=1S/C20H18F3NO4S/c21-20(22,23)18-4-2-1-3-15(18)7-10-19(25)16-5-8-17(9-6-16)29(26,27)24-11-13-28-14-12-24/h1-10H,11-14H2/b10-7+. The van der Waals surface area contributed by atoms with Crippen molar-refractivity contribution < 1.29 is 31.1 Å². The average Bonchev–Trinajstić information content (AvgIpc) is 2.72. The van der Waals surface area contributed by atoms with Gasteiger partial charge in [0.05, 0.1) is 23.7 Å². The monoisotopic (exact) mass is 425 g/mol. The summed E-state index contributed by atoms with van der Waals surface area (Å²) in [5, 5.41) is 0. The average molecular weight is 425 g/mol. The lowest BCUT2D eigenvalue weighted by Crippen LogP contribution is -2.40. The number of ketones is 1. The second kappa shape index (κ2) is 8.48. The van der Waals surface area contributed by atoms with E-state index in [1.54, 1.807) is 0 Å². The van der Waals surface area contributed by atoms with E-state index in [2.05, 4.69) is 0 Å². The van der Waals surface area contributed by atoms with E-state index in [9.17, 15) is 26.4 Å².